The van der Waals surface area contributed by atoms with E-state index in [2.05, 4.69) is 10.4 Å². The molecule has 0 atom stereocenters. The first-order valence-corrected chi connectivity index (χ1v) is 9.19. The van der Waals surface area contributed by atoms with Gasteiger partial charge in [-0.3, -0.25) is 9.59 Å². The summed E-state index contributed by atoms with van der Waals surface area (Å²) in [7, 11) is 0. The van der Waals surface area contributed by atoms with Crippen LogP contribution in [0, 0.1) is 0 Å². The van der Waals surface area contributed by atoms with Gasteiger partial charge in [0, 0.05) is 6.07 Å². The van der Waals surface area contributed by atoms with Crippen molar-refractivity contribution >= 4 is 28.8 Å². The number of benzene rings is 2. The van der Waals surface area contributed by atoms with E-state index in [0.717, 1.165) is 29.9 Å². The zero-order valence-corrected chi connectivity index (χ0v) is 14.9. The van der Waals surface area contributed by atoms with Crippen molar-refractivity contribution in [3.05, 3.63) is 54.2 Å². The van der Waals surface area contributed by atoms with Crippen LogP contribution in [0.2, 0.25) is 0 Å². The number of aromatic nitrogens is 2. The standard InChI is InChI=1S/C21H21N3O3/c25-13-18-17-8-4-1-5-15(17)9-10-19(18)27-14-21(26)23-20-11-12-22-24(20)16-6-2-3-7-16/h1,4-5,8-13,16H,2-3,6-7,14H2,(H,23,26). The number of anilines is 1. The van der Waals surface area contributed by atoms with Crippen molar-refractivity contribution in [2.24, 2.45) is 0 Å². The van der Waals surface area contributed by atoms with Crippen LogP contribution in [0.3, 0.4) is 0 Å². The second kappa shape index (κ2) is 7.61. The summed E-state index contributed by atoms with van der Waals surface area (Å²) in [6.45, 7) is -0.172. The highest BCUT2D eigenvalue weighted by Crippen LogP contribution is 2.31. The van der Waals surface area contributed by atoms with Crippen LogP contribution in [0.1, 0.15) is 42.1 Å². The van der Waals surface area contributed by atoms with Crippen molar-refractivity contribution in [1.29, 1.82) is 0 Å². The summed E-state index contributed by atoms with van der Waals surface area (Å²) in [6.07, 6.45) is 7.02. The maximum Gasteiger partial charge on any atom is 0.263 e. The SMILES string of the molecule is O=Cc1c(OCC(=O)Nc2ccnn2C2CCCC2)ccc2ccccc12. The van der Waals surface area contributed by atoms with Gasteiger partial charge in [0.2, 0.25) is 0 Å². The summed E-state index contributed by atoms with van der Waals surface area (Å²) in [5, 5.41) is 8.97. The summed E-state index contributed by atoms with van der Waals surface area (Å²) < 4.78 is 7.53. The molecule has 1 saturated carbocycles. The third-order valence-corrected chi connectivity index (χ3v) is 5.02. The van der Waals surface area contributed by atoms with E-state index in [0.29, 0.717) is 23.2 Å². The number of ether oxygens (including phenoxy) is 1. The van der Waals surface area contributed by atoms with Crippen molar-refractivity contribution < 1.29 is 14.3 Å². The van der Waals surface area contributed by atoms with Crippen molar-refractivity contribution in [1.82, 2.24) is 9.78 Å². The van der Waals surface area contributed by atoms with Crippen LogP contribution in [0.5, 0.6) is 5.75 Å². The lowest BCUT2D eigenvalue weighted by molar-refractivity contribution is -0.118. The molecule has 0 bridgehead atoms. The Balaban J connectivity index is 1.45. The van der Waals surface area contributed by atoms with Gasteiger partial charge in [-0.2, -0.15) is 5.10 Å². The van der Waals surface area contributed by atoms with Crippen LogP contribution in [-0.2, 0) is 4.79 Å². The van der Waals surface area contributed by atoms with E-state index in [1.165, 1.54) is 12.8 Å². The van der Waals surface area contributed by atoms with Crippen LogP contribution >= 0.6 is 0 Å². The second-order valence-corrected chi connectivity index (χ2v) is 6.75. The van der Waals surface area contributed by atoms with Crippen LogP contribution in [0.4, 0.5) is 5.82 Å². The highest BCUT2D eigenvalue weighted by molar-refractivity contribution is 6.01. The van der Waals surface area contributed by atoms with Gasteiger partial charge in [0.1, 0.15) is 11.6 Å². The number of fused-ring (bicyclic) bond motifs is 1. The minimum atomic E-state index is -0.278. The van der Waals surface area contributed by atoms with Gasteiger partial charge in [0.05, 0.1) is 17.8 Å². The lowest BCUT2D eigenvalue weighted by atomic mass is 10.0. The third kappa shape index (κ3) is 3.56. The smallest absolute Gasteiger partial charge is 0.263 e. The number of nitrogens with zero attached hydrogens (tertiary/aromatic N) is 2. The monoisotopic (exact) mass is 363 g/mol. The molecule has 1 aromatic heterocycles. The van der Waals surface area contributed by atoms with Crippen molar-refractivity contribution in [3.8, 4) is 5.75 Å². The van der Waals surface area contributed by atoms with E-state index in [-0.39, 0.29) is 12.5 Å². The predicted octanol–water partition coefficient (Wildman–Crippen LogP) is 3.98. The minimum absolute atomic E-state index is 0.172. The van der Waals surface area contributed by atoms with Gasteiger partial charge in [-0.1, -0.05) is 43.2 Å². The summed E-state index contributed by atoms with van der Waals surface area (Å²) in [5.41, 5.74) is 0.455. The largest absolute Gasteiger partial charge is 0.483 e. The summed E-state index contributed by atoms with van der Waals surface area (Å²) in [5.74, 6) is 0.813. The predicted molar refractivity (Wildman–Crippen MR) is 103 cm³/mol. The zero-order valence-electron chi connectivity index (χ0n) is 14.9. The fraction of sp³-hybridized carbons (Fsp3) is 0.286. The lowest BCUT2D eigenvalue weighted by Gasteiger charge is -2.15. The number of hydrogen-bond donors (Lipinski definition) is 1. The van der Waals surface area contributed by atoms with Gasteiger partial charge < -0.3 is 10.1 Å². The van der Waals surface area contributed by atoms with E-state index in [1.54, 1.807) is 18.3 Å². The van der Waals surface area contributed by atoms with E-state index >= 15 is 0 Å². The molecule has 3 aromatic rings. The second-order valence-electron chi connectivity index (χ2n) is 6.75. The van der Waals surface area contributed by atoms with Gasteiger partial charge in [-0.05, 0) is 29.7 Å². The van der Waals surface area contributed by atoms with Gasteiger partial charge in [-0.15, -0.1) is 0 Å². The van der Waals surface area contributed by atoms with E-state index in [9.17, 15) is 9.59 Å². The molecule has 0 unspecified atom stereocenters. The van der Waals surface area contributed by atoms with Gasteiger partial charge in [-0.25, -0.2) is 4.68 Å². The first-order chi connectivity index (χ1) is 13.3. The highest BCUT2D eigenvalue weighted by Gasteiger charge is 2.20. The van der Waals surface area contributed by atoms with Crippen molar-refractivity contribution in [3.63, 3.8) is 0 Å². The number of nitrogens with one attached hydrogen (secondary N) is 1. The minimum Gasteiger partial charge on any atom is -0.483 e. The number of carbonyl (C=O) groups is 2. The molecule has 1 heterocycles. The van der Waals surface area contributed by atoms with Gasteiger partial charge in [0.15, 0.2) is 12.9 Å². The zero-order chi connectivity index (χ0) is 18.6. The average Bonchev–Trinajstić information content (AvgIpc) is 3.37. The van der Waals surface area contributed by atoms with E-state index < -0.39 is 0 Å². The van der Waals surface area contributed by atoms with Crippen LogP contribution < -0.4 is 10.1 Å². The van der Waals surface area contributed by atoms with Gasteiger partial charge >= 0.3 is 0 Å². The van der Waals surface area contributed by atoms with Gasteiger partial charge in [0.25, 0.3) is 5.91 Å². The van der Waals surface area contributed by atoms with E-state index in [4.69, 9.17) is 4.74 Å². The molecular formula is C21H21N3O3. The molecule has 0 radical (unpaired) electrons. The molecule has 4 rings (SSSR count). The fourth-order valence-electron chi connectivity index (χ4n) is 3.70. The van der Waals surface area contributed by atoms with E-state index in [1.807, 2.05) is 35.0 Å². The summed E-state index contributed by atoms with van der Waals surface area (Å²) in [6, 6.07) is 13.3. The number of carbonyl (C=O) groups excluding carboxylic acids is 2. The first kappa shape index (κ1) is 17.3. The molecule has 0 spiro atoms. The molecule has 6 heteroatoms. The fourth-order valence-corrected chi connectivity index (χ4v) is 3.70. The Labute approximate surface area is 157 Å². The molecular weight excluding hydrogens is 342 g/mol. The molecule has 6 nitrogen and oxygen atoms in total. The Bertz CT molecular complexity index is 974. The van der Waals surface area contributed by atoms with Crippen molar-refractivity contribution in [2.45, 2.75) is 31.7 Å². The van der Waals surface area contributed by atoms with Crippen LogP contribution in [0.25, 0.3) is 10.8 Å². The molecule has 1 N–H and O–H groups in total. The molecule has 27 heavy (non-hydrogen) atoms. The quantitative estimate of drug-likeness (QED) is 0.672. The normalized spacial score (nSPS) is 14.4. The Hall–Kier alpha value is -3.15. The number of aldehydes is 1. The molecule has 138 valence electrons. The molecule has 1 aliphatic rings. The van der Waals surface area contributed by atoms with Crippen molar-refractivity contribution in [2.75, 3.05) is 11.9 Å². The number of amides is 1. The molecule has 1 fully saturated rings. The molecule has 2 aromatic carbocycles. The number of rotatable bonds is 6. The molecule has 1 aliphatic carbocycles. The molecule has 0 saturated heterocycles. The maximum atomic E-state index is 12.3. The Kier molecular flexibility index (Phi) is 4.87. The highest BCUT2D eigenvalue weighted by atomic mass is 16.5. The topological polar surface area (TPSA) is 73.2 Å². The Morgan fingerprint density at radius 3 is 2.81 bits per heavy atom. The molecule has 0 aliphatic heterocycles. The summed E-state index contributed by atoms with van der Waals surface area (Å²) >= 11 is 0. The van der Waals surface area contributed by atoms with Crippen LogP contribution in [-0.4, -0.2) is 28.6 Å². The Morgan fingerprint density at radius 1 is 1.19 bits per heavy atom. The Morgan fingerprint density at radius 2 is 2.00 bits per heavy atom. The molecule has 1 amide bonds. The third-order valence-electron chi connectivity index (χ3n) is 5.02. The maximum absolute atomic E-state index is 12.3. The average molecular weight is 363 g/mol. The summed E-state index contributed by atoms with van der Waals surface area (Å²) in [4.78, 5) is 23.9. The van der Waals surface area contributed by atoms with Crippen LogP contribution in [0.15, 0.2) is 48.7 Å². The number of hydrogen-bond acceptors (Lipinski definition) is 4. The first-order valence-electron chi connectivity index (χ1n) is 9.19. The lowest BCUT2D eigenvalue weighted by Crippen LogP contribution is -2.23.